The van der Waals surface area contributed by atoms with E-state index in [1.165, 1.54) is 0 Å². The number of nitrogens with zero attached hydrogens (tertiary/aromatic N) is 1. The number of carbonyl (C=O) groups is 2. The summed E-state index contributed by atoms with van der Waals surface area (Å²) in [6.07, 6.45) is 1.83. The Bertz CT molecular complexity index is 332. The molecular formula is C7H5ClN2O2. The Morgan fingerprint density at radius 2 is 2.33 bits per heavy atom. The number of nitrogens with one attached hydrogen (secondary N) is 1. The molecule has 0 aromatic heterocycles. The number of dihydropyridines is 1. The van der Waals surface area contributed by atoms with Crippen LogP contribution in [0.5, 0.6) is 0 Å². The molecule has 1 fully saturated rings. The summed E-state index contributed by atoms with van der Waals surface area (Å²) < 4.78 is 0. The second kappa shape index (κ2) is 2.42. The van der Waals surface area contributed by atoms with Crippen LogP contribution in [0.3, 0.4) is 0 Å². The number of rotatable bonds is 0. The van der Waals surface area contributed by atoms with E-state index in [0.717, 1.165) is 5.57 Å². The fraction of sp³-hybridized carbons (Fsp3) is 0.286. The van der Waals surface area contributed by atoms with Crippen LogP contribution in [-0.2, 0) is 9.59 Å². The highest BCUT2D eigenvalue weighted by atomic mass is 35.5. The molecule has 12 heavy (non-hydrogen) atoms. The molecule has 0 bridgehead atoms. The molecule has 2 aliphatic rings. The standard InChI is InChI=1S/C7H5ClN2O2/c8-4-1-3-2-5(11)9-6(3)10-7(4)12/h1,4H,2H2,(H,9,10,11,12). The summed E-state index contributed by atoms with van der Waals surface area (Å²) in [6.45, 7) is 0. The van der Waals surface area contributed by atoms with Gasteiger partial charge in [0, 0.05) is 5.57 Å². The van der Waals surface area contributed by atoms with E-state index < -0.39 is 11.3 Å². The summed E-state index contributed by atoms with van der Waals surface area (Å²) in [5.74, 6) is -0.196. The van der Waals surface area contributed by atoms with Gasteiger partial charge in [0.1, 0.15) is 11.2 Å². The van der Waals surface area contributed by atoms with Gasteiger partial charge in [0.2, 0.25) is 5.91 Å². The summed E-state index contributed by atoms with van der Waals surface area (Å²) in [5.41, 5.74) is 0.722. The van der Waals surface area contributed by atoms with Crippen molar-refractivity contribution in [1.29, 1.82) is 0 Å². The van der Waals surface area contributed by atoms with Crippen LogP contribution < -0.4 is 5.32 Å². The van der Waals surface area contributed by atoms with Crippen LogP contribution in [-0.4, -0.2) is 23.0 Å². The molecule has 2 heterocycles. The van der Waals surface area contributed by atoms with Crippen molar-refractivity contribution in [1.82, 2.24) is 5.32 Å². The van der Waals surface area contributed by atoms with E-state index in [9.17, 15) is 9.59 Å². The smallest absolute Gasteiger partial charge is 0.269 e. The molecule has 4 nitrogen and oxygen atoms in total. The lowest BCUT2D eigenvalue weighted by Gasteiger charge is -2.07. The number of carbonyl (C=O) groups excluding carboxylic acids is 2. The normalized spacial score (nSPS) is 27.6. The van der Waals surface area contributed by atoms with Gasteiger partial charge in [0.15, 0.2) is 0 Å². The average molecular weight is 185 g/mol. The second-order valence-corrected chi connectivity index (χ2v) is 3.09. The molecule has 2 aliphatic heterocycles. The Morgan fingerprint density at radius 1 is 1.58 bits per heavy atom. The molecule has 0 aromatic carbocycles. The number of aliphatic imine (C=N–C) groups is 1. The van der Waals surface area contributed by atoms with Gasteiger partial charge in [-0.1, -0.05) is 0 Å². The second-order valence-electron chi connectivity index (χ2n) is 2.62. The Hall–Kier alpha value is -1.16. The van der Waals surface area contributed by atoms with E-state index in [4.69, 9.17) is 11.6 Å². The maximum Gasteiger partial charge on any atom is 0.269 e. The lowest BCUT2D eigenvalue weighted by atomic mass is 10.1. The third kappa shape index (κ3) is 1.04. The summed E-state index contributed by atoms with van der Waals surface area (Å²) in [6, 6.07) is 0. The van der Waals surface area contributed by atoms with Crippen LogP contribution in [0.1, 0.15) is 6.42 Å². The third-order valence-corrected chi connectivity index (χ3v) is 2.03. The van der Waals surface area contributed by atoms with Gasteiger partial charge < -0.3 is 5.32 Å². The highest BCUT2D eigenvalue weighted by Crippen LogP contribution is 2.19. The molecule has 0 radical (unpaired) electrons. The number of halogens is 1. The summed E-state index contributed by atoms with van der Waals surface area (Å²) in [7, 11) is 0. The molecular weight excluding hydrogens is 180 g/mol. The molecule has 2 rings (SSSR count). The number of amides is 2. The van der Waals surface area contributed by atoms with Gasteiger partial charge in [-0.15, -0.1) is 11.6 Å². The number of hydrogen-bond donors (Lipinski definition) is 1. The highest BCUT2D eigenvalue weighted by molar-refractivity contribution is 6.35. The molecule has 0 saturated carbocycles. The number of hydrogen-bond acceptors (Lipinski definition) is 2. The van der Waals surface area contributed by atoms with Crippen LogP contribution >= 0.6 is 11.6 Å². The van der Waals surface area contributed by atoms with Gasteiger partial charge in [0.25, 0.3) is 5.91 Å². The molecule has 0 aromatic rings. The summed E-state index contributed by atoms with van der Waals surface area (Å²) >= 11 is 5.61. The van der Waals surface area contributed by atoms with Gasteiger partial charge in [-0.2, -0.15) is 4.99 Å². The van der Waals surface area contributed by atoms with Crippen LogP contribution in [0.25, 0.3) is 0 Å². The lowest BCUT2D eigenvalue weighted by molar-refractivity contribution is -0.118. The first-order chi connectivity index (χ1) is 5.66. The molecule has 1 saturated heterocycles. The first-order valence-corrected chi connectivity index (χ1v) is 3.88. The fourth-order valence-electron chi connectivity index (χ4n) is 1.17. The molecule has 0 aliphatic carbocycles. The minimum atomic E-state index is -0.712. The molecule has 5 heteroatoms. The van der Waals surface area contributed by atoms with Crippen LogP contribution in [0.4, 0.5) is 0 Å². The third-order valence-electron chi connectivity index (χ3n) is 1.72. The van der Waals surface area contributed by atoms with E-state index in [-0.39, 0.29) is 12.3 Å². The van der Waals surface area contributed by atoms with Crippen LogP contribution in [0, 0.1) is 0 Å². The lowest BCUT2D eigenvalue weighted by Crippen LogP contribution is -2.26. The molecule has 1 N–H and O–H groups in total. The number of alkyl halides is 1. The Balaban J connectivity index is 2.39. The van der Waals surface area contributed by atoms with Crippen molar-refractivity contribution in [2.45, 2.75) is 11.8 Å². The van der Waals surface area contributed by atoms with Gasteiger partial charge >= 0.3 is 0 Å². The topological polar surface area (TPSA) is 58.5 Å². The largest absolute Gasteiger partial charge is 0.310 e. The van der Waals surface area contributed by atoms with Gasteiger partial charge in [-0.05, 0) is 6.08 Å². The van der Waals surface area contributed by atoms with Crippen LogP contribution in [0.15, 0.2) is 16.6 Å². The van der Waals surface area contributed by atoms with E-state index in [1.54, 1.807) is 6.08 Å². The molecule has 1 atom stereocenters. The predicted molar refractivity (Wildman–Crippen MR) is 42.9 cm³/mol. The first kappa shape index (κ1) is 7.49. The predicted octanol–water partition coefficient (Wildman–Crippen LogP) is -0.0212. The number of amidine groups is 1. The highest BCUT2D eigenvalue weighted by Gasteiger charge is 2.29. The molecule has 2 amide bonds. The van der Waals surface area contributed by atoms with Crippen molar-refractivity contribution in [3.8, 4) is 0 Å². The van der Waals surface area contributed by atoms with Crippen molar-refractivity contribution in [3.63, 3.8) is 0 Å². The molecule has 1 unspecified atom stereocenters. The van der Waals surface area contributed by atoms with Gasteiger partial charge in [-0.3, -0.25) is 9.59 Å². The van der Waals surface area contributed by atoms with E-state index in [2.05, 4.69) is 10.3 Å². The zero-order valence-electron chi connectivity index (χ0n) is 6.00. The SMILES string of the molecule is O=C1CC2=CC(Cl)C(=O)N=C2N1. The zero-order chi connectivity index (χ0) is 8.72. The van der Waals surface area contributed by atoms with Crippen molar-refractivity contribution in [2.75, 3.05) is 0 Å². The summed E-state index contributed by atoms with van der Waals surface area (Å²) in [5, 5.41) is 1.76. The minimum Gasteiger partial charge on any atom is -0.310 e. The Labute approximate surface area is 73.3 Å². The van der Waals surface area contributed by atoms with Crippen molar-refractivity contribution in [3.05, 3.63) is 11.6 Å². The minimum absolute atomic E-state index is 0.140. The quantitative estimate of drug-likeness (QED) is 0.538. The van der Waals surface area contributed by atoms with Crippen molar-refractivity contribution >= 4 is 29.3 Å². The first-order valence-electron chi connectivity index (χ1n) is 3.44. The van der Waals surface area contributed by atoms with Gasteiger partial charge in [-0.25, -0.2) is 0 Å². The maximum absolute atomic E-state index is 10.9. The number of fused-ring (bicyclic) bond motifs is 1. The van der Waals surface area contributed by atoms with Gasteiger partial charge in [0.05, 0.1) is 6.42 Å². The zero-order valence-corrected chi connectivity index (χ0v) is 6.76. The average Bonchev–Trinajstić information content (AvgIpc) is 2.30. The van der Waals surface area contributed by atoms with Crippen molar-refractivity contribution in [2.24, 2.45) is 4.99 Å². The van der Waals surface area contributed by atoms with Crippen LogP contribution in [0.2, 0.25) is 0 Å². The molecule has 62 valence electrons. The molecule has 0 spiro atoms. The summed E-state index contributed by atoms with van der Waals surface area (Å²) in [4.78, 5) is 25.4. The van der Waals surface area contributed by atoms with E-state index in [0.29, 0.717) is 5.84 Å². The van der Waals surface area contributed by atoms with E-state index in [1.807, 2.05) is 0 Å². The fourth-order valence-corrected chi connectivity index (χ4v) is 1.37. The monoisotopic (exact) mass is 184 g/mol. The van der Waals surface area contributed by atoms with E-state index >= 15 is 0 Å². The Morgan fingerprint density at radius 3 is 3.08 bits per heavy atom. The Kier molecular flexibility index (Phi) is 1.51. The van der Waals surface area contributed by atoms with Crippen molar-refractivity contribution < 1.29 is 9.59 Å². The maximum atomic E-state index is 10.9.